The second-order valence-corrected chi connectivity index (χ2v) is 8.07. The second-order valence-electron chi connectivity index (χ2n) is 6.22. The first-order chi connectivity index (χ1) is 13.4. The van der Waals surface area contributed by atoms with Gasteiger partial charge in [0, 0.05) is 18.1 Å². The third kappa shape index (κ3) is 4.63. The largest absolute Gasteiger partial charge is 0.302 e. The SMILES string of the molecule is CCN(CC)CCN(C(=O)c1ccc(F)cc1Cl)c1nc2ccc(Cl)cc2s1. The van der Waals surface area contributed by atoms with Crippen molar-refractivity contribution in [3.05, 3.63) is 57.8 Å². The number of amides is 1. The molecular weight excluding hydrogens is 420 g/mol. The average molecular weight is 440 g/mol. The highest BCUT2D eigenvalue weighted by atomic mass is 35.5. The fourth-order valence-corrected chi connectivity index (χ4v) is 4.39. The minimum Gasteiger partial charge on any atom is -0.302 e. The van der Waals surface area contributed by atoms with Gasteiger partial charge in [-0.05, 0) is 49.5 Å². The number of hydrogen-bond acceptors (Lipinski definition) is 4. The van der Waals surface area contributed by atoms with Crippen LogP contribution in [0.1, 0.15) is 24.2 Å². The number of nitrogens with zero attached hydrogens (tertiary/aromatic N) is 3. The number of aromatic nitrogens is 1. The van der Waals surface area contributed by atoms with Gasteiger partial charge in [0.25, 0.3) is 5.91 Å². The van der Waals surface area contributed by atoms with Crippen molar-refractivity contribution >= 4 is 55.8 Å². The van der Waals surface area contributed by atoms with Gasteiger partial charge in [-0.15, -0.1) is 0 Å². The Bertz CT molecular complexity index is 991. The van der Waals surface area contributed by atoms with Crippen molar-refractivity contribution in [3.8, 4) is 0 Å². The van der Waals surface area contributed by atoms with E-state index >= 15 is 0 Å². The Balaban J connectivity index is 1.98. The van der Waals surface area contributed by atoms with E-state index in [4.69, 9.17) is 23.2 Å². The Morgan fingerprint density at radius 2 is 1.86 bits per heavy atom. The van der Waals surface area contributed by atoms with Crippen LogP contribution in [0.4, 0.5) is 9.52 Å². The van der Waals surface area contributed by atoms with E-state index in [0.717, 1.165) is 29.4 Å². The van der Waals surface area contributed by atoms with Crippen molar-refractivity contribution in [2.24, 2.45) is 0 Å². The van der Waals surface area contributed by atoms with Crippen LogP contribution in [0.15, 0.2) is 36.4 Å². The zero-order chi connectivity index (χ0) is 20.3. The molecule has 0 spiro atoms. The number of rotatable bonds is 7. The van der Waals surface area contributed by atoms with Gasteiger partial charge < -0.3 is 4.90 Å². The van der Waals surface area contributed by atoms with Crippen LogP contribution in [-0.2, 0) is 0 Å². The van der Waals surface area contributed by atoms with Gasteiger partial charge in [0.2, 0.25) is 0 Å². The molecule has 0 unspecified atom stereocenters. The monoisotopic (exact) mass is 439 g/mol. The van der Waals surface area contributed by atoms with Crippen LogP contribution in [0.2, 0.25) is 10.0 Å². The Hall–Kier alpha value is -1.73. The normalized spacial score (nSPS) is 11.4. The molecule has 0 saturated carbocycles. The first kappa shape index (κ1) is 21.0. The van der Waals surface area contributed by atoms with E-state index in [0.29, 0.717) is 23.2 Å². The van der Waals surface area contributed by atoms with E-state index in [2.05, 4.69) is 23.7 Å². The van der Waals surface area contributed by atoms with Crippen LogP contribution in [0.25, 0.3) is 10.2 Å². The van der Waals surface area contributed by atoms with Gasteiger partial charge in [-0.25, -0.2) is 9.37 Å². The summed E-state index contributed by atoms with van der Waals surface area (Å²) < 4.78 is 14.3. The number of hydrogen-bond donors (Lipinski definition) is 0. The van der Waals surface area contributed by atoms with Crippen molar-refractivity contribution < 1.29 is 9.18 Å². The summed E-state index contributed by atoms with van der Waals surface area (Å²) in [7, 11) is 0. The Kier molecular flexibility index (Phi) is 6.88. The molecule has 3 aromatic rings. The summed E-state index contributed by atoms with van der Waals surface area (Å²) in [6.07, 6.45) is 0. The maximum Gasteiger partial charge on any atom is 0.261 e. The molecule has 3 rings (SSSR count). The van der Waals surface area contributed by atoms with Crippen molar-refractivity contribution in [3.63, 3.8) is 0 Å². The van der Waals surface area contributed by atoms with Crippen molar-refractivity contribution in [1.29, 1.82) is 0 Å². The molecule has 0 atom stereocenters. The molecule has 4 nitrogen and oxygen atoms in total. The second kappa shape index (κ2) is 9.18. The predicted molar refractivity (Wildman–Crippen MR) is 116 cm³/mol. The van der Waals surface area contributed by atoms with Gasteiger partial charge in [-0.2, -0.15) is 0 Å². The molecule has 0 N–H and O–H groups in total. The van der Waals surface area contributed by atoms with Gasteiger partial charge in [0.15, 0.2) is 5.13 Å². The van der Waals surface area contributed by atoms with E-state index in [1.807, 2.05) is 12.1 Å². The number of benzene rings is 2. The lowest BCUT2D eigenvalue weighted by Gasteiger charge is -2.25. The van der Waals surface area contributed by atoms with Gasteiger partial charge >= 0.3 is 0 Å². The Morgan fingerprint density at radius 3 is 2.54 bits per heavy atom. The molecular formula is C20H20Cl2FN3OS. The van der Waals surface area contributed by atoms with Crippen molar-refractivity contribution in [1.82, 2.24) is 9.88 Å². The van der Waals surface area contributed by atoms with Gasteiger partial charge in [-0.3, -0.25) is 9.69 Å². The number of likely N-dealkylation sites (N-methyl/N-ethyl adjacent to an activating group) is 1. The highest BCUT2D eigenvalue weighted by molar-refractivity contribution is 7.22. The van der Waals surface area contributed by atoms with Gasteiger partial charge in [0.05, 0.1) is 20.8 Å². The summed E-state index contributed by atoms with van der Waals surface area (Å²) in [5, 5.41) is 1.27. The third-order valence-corrected chi connectivity index (χ3v) is 6.10. The van der Waals surface area contributed by atoms with Crippen molar-refractivity contribution in [2.75, 3.05) is 31.1 Å². The third-order valence-electron chi connectivity index (χ3n) is 4.51. The molecule has 1 aromatic heterocycles. The molecule has 8 heteroatoms. The number of anilines is 1. The molecule has 148 valence electrons. The molecule has 1 heterocycles. The summed E-state index contributed by atoms with van der Waals surface area (Å²) in [5.41, 5.74) is 1.02. The molecule has 0 aliphatic carbocycles. The number of carbonyl (C=O) groups is 1. The lowest BCUT2D eigenvalue weighted by molar-refractivity contribution is 0.0984. The van der Waals surface area contributed by atoms with Crippen LogP contribution in [0, 0.1) is 5.82 Å². The van der Waals surface area contributed by atoms with E-state index in [1.165, 1.54) is 23.5 Å². The zero-order valence-corrected chi connectivity index (χ0v) is 17.9. The maximum atomic E-state index is 13.4. The smallest absolute Gasteiger partial charge is 0.261 e. The highest BCUT2D eigenvalue weighted by Crippen LogP contribution is 2.32. The standard InChI is InChI=1S/C20H20Cl2FN3OS/c1-3-25(4-2)9-10-26(19(27)15-7-6-14(23)12-16(15)22)20-24-17-8-5-13(21)11-18(17)28-20/h5-8,11-12H,3-4,9-10H2,1-2H3. The fourth-order valence-electron chi connectivity index (χ4n) is 2.88. The summed E-state index contributed by atoms with van der Waals surface area (Å²) in [5.74, 6) is -0.784. The van der Waals surface area contributed by atoms with Gasteiger partial charge in [0.1, 0.15) is 5.82 Å². The van der Waals surface area contributed by atoms with E-state index < -0.39 is 5.82 Å². The molecule has 0 bridgehead atoms. The van der Waals surface area contributed by atoms with E-state index in [9.17, 15) is 9.18 Å². The van der Waals surface area contributed by atoms with Crippen LogP contribution < -0.4 is 4.90 Å². The maximum absolute atomic E-state index is 13.4. The minimum atomic E-state index is -0.481. The minimum absolute atomic E-state index is 0.0852. The van der Waals surface area contributed by atoms with E-state index in [-0.39, 0.29) is 16.5 Å². The molecule has 0 aliphatic rings. The van der Waals surface area contributed by atoms with Crippen LogP contribution >= 0.6 is 34.5 Å². The highest BCUT2D eigenvalue weighted by Gasteiger charge is 2.24. The van der Waals surface area contributed by atoms with Crippen LogP contribution in [-0.4, -0.2) is 42.0 Å². The van der Waals surface area contributed by atoms with Crippen LogP contribution in [0.5, 0.6) is 0 Å². The lowest BCUT2D eigenvalue weighted by atomic mass is 10.2. The quantitative estimate of drug-likeness (QED) is 0.471. The molecule has 28 heavy (non-hydrogen) atoms. The predicted octanol–water partition coefficient (Wildman–Crippen LogP) is 5.73. The Labute approximate surface area is 177 Å². The van der Waals surface area contributed by atoms with E-state index in [1.54, 1.807) is 11.0 Å². The summed E-state index contributed by atoms with van der Waals surface area (Å²) in [6, 6.07) is 9.22. The lowest BCUT2D eigenvalue weighted by Crippen LogP contribution is -2.39. The fraction of sp³-hybridized carbons (Fsp3) is 0.300. The Morgan fingerprint density at radius 1 is 1.11 bits per heavy atom. The number of thiazole rings is 1. The first-order valence-electron chi connectivity index (χ1n) is 8.98. The topological polar surface area (TPSA) is 36.4 Å². The van der Waals surface area contributed by atoms with Crippen molar-refractivity contribution in [2.45, 2.75) is 13.8 Å². The molecule has 0 fully saturated rings. The summed E-state index contributed by atoms with van der Waals surface area (Å²) in [6.45, 7) is 7.05. The number of halogens is 3. The number of carbonyl (C=O) groups excluding carboxylic acids is 1. The molecule has 0 saturated heterocycles. The average Bonchev–Trinajstić information content (AvgIpc) is 3.07. The van der Waals surface area contributed by atoms with Crippen LogP contribution in [0.3, 0.4) is 0 Å². The molecule has 1 amide bonds. The molecule has 2 aromatic carbocycles. The summed E-state index contributed by atoms with van der Waals surface area (Å²) >= 11 is 13.6. The van der Waals surface area contributed by atoms with Gasteiger partial charge in [-0.1, -0.05) is 48.4 Å². The molecule has 0 radical (unpaired) electrons. The summed E-state index contributed by atoms with van der Waals surface area (Å²) in [4.78, 5) is 21.7. The molecule has 0 aliphatic heterocycles. The first-order valence-corrected chi connectivity index (χ1v) is 10.6. The number of fused-ring (bicyclic) bond motifs is 1. The zero-order valence-electron chi connectivity index (χ0n) is 15.6.